The highest BCUT2D eigenvalue weighted by Crippen LogP contribution is 2.07. The molecule has 0 radical (unpaired) electrons. The van der Waals surface area contributed by atoms with E-state index in [9.17, 15) is 14.4 Å². The van der Waals surface area contributed by atoms with Gasteiger partial charge in [-0.1, -0.05) is 6.07 Å². The fourth-order valence-electron chi connectivity index (χ4n) is 1.55. The summed E-state index contributed by atoms with van der Waals surface area (Å²) in [5.41, 5.74) is 0.860. The Bertz CT molecular complexity index is 531. The van der Waals surface area contributed by atoms with Gasteiger partial charge in [-0.15, -0.1) is 11.8 Å². The molecular weight excluding hydrogens is 292 g/mol. The van der Waals surface area contributed by atoms with Crippen LogP contribution in [0.15, 0.2) is 24.3 Å². The van der Waals surface area contributed by atoms with Crippen LogP contribution in [0.5, 0.6) is 0 Å². The molecule has 6 nitrogen and oxygen atoms in total. The normalized spacial score (nSPS) is 10.0. The first-order chi connectivity index (χ1) is 9.91. The van der Waals surface area contributed by atoms with Gasteiger partial charge in [-0.2, -0.15) is 0 Å². The molecule has 0 aromatic heterocycles. The summed E-state index contributed by atoms with van der Waals surface area (Å²) in [6.07, 6.45) is 0. The monoisotopic (exact) mass is 310 g/mol. The standard InChI is InChI=1S/C14H18N2O4S/c1-16(2)14(20)11-5-3-4-10(8-11)13(19)15-6-7-21-9-12(17)18/h3-5,8H,6-7,9H2,1-2H3,(H,15,19)(H,17,18). The number of hydrogen-bond donors (Lipinski definition) is 2. The second-order valence-electron chi connectivity index (χ2n) is 4.48. The summed E-state index contributed by atoms with van der Waals surface area (Å²) in [4.78, 5) is 35.5. The predicted octanol–water partition coefficient (Wildman–Crippen LogP) is 0.936. The van der Waals surface area contributed by atoms with Crippen molar-refractivity contribution in [2.24, 2.45) is 0 Å². The van der Waals surface area contributed by atoms with E-state index in [0.717, 1.165) is 0 Å². The Kier molecular flexibility index (Phi) is 6.74. The van der Waals surface area contributed by atoms with Crippen molar-refractivity contribution >= 4 is 29.5 Å². The maximum absolute atomic E-state index is 11.9. The highest BCUT2D eigenvalue weighted by atomic mass is 32.2. The molecule has 7 heteroatoms. The zero-order valence-electron chi connectivity index (χ0n) is 12.0. The maximum atomic E-state index is 11.9. The van der Waals surface area contributed by atoms with Crippen molar-refractivity contribution < 1.29 is 19.5 Å². The van der Waals surface area contributed by atoms with Crippen LogP contribution in [-0.4, -0.2) is 59.9 Å². The molecule has 21 heavy (non-hydrogen) atoms. The number of aliphatic carboxylic acids is 1. The molecule has 0 bridgehead atoms. The molecule has 0 heterocycles. The molecule has 0 aliphatic carbocycles. The van der Waals surface area contributed by atoms with Gasteiger partial charge in [-0.25, -0.2) is 0 Å². The number of amides is 2. The lowest BCUT2D eigenvalue weighted by molar-refractivity contribution is -0.133. The minimum absolute atomic E-state index is 0.0166. The molecule has 2 amide bonds. The number of benzene rings is 1. The van der Waals surface area contributed by atoms with Gasteiger partial charge in [0.05, 0.1) is 5.75 Å². The third-order valence-electron chi connectivity index (χ3n) is 2.54. The van der Waals surface area contributed by atoms with E-state index in [4.69, 9.17) is 5.11 Å². The van der Waals surface area contributed by atoms with Gasteiger partial charge in [0.25, 0.3) is 11.8 Å². The Morgan fingerprint density at radius 3 is 2.52 bits per heavy atom. The third kappa shape index (κ3) is 5.86. The number of carboxylic acid groups (broad SMARTS) is 1. The molecule has 0 saturated carbocycles. The predicted molar refractivity (Wildman–Crippen MR) is 81.8 cm³/mol. The first kappa shape index (κ1) is 17.0. The summed E-state index contributed by atoms with van der Waals surface area (Å²) in [5.74, 6) is -0.779. The highest BCUT2D eigenvalue weighted by molar-refractivity contribution is 7.99. The van der Waals surface area contributed by atoms with Crippen molar-refractivity contribution in [3.8, 4) is 0 Å². The lowest BCUT2D eigenvalue weighted by atomic mass is 10.1. The molecule has 0 saturated heterocycles. The molecule has 0 fully saturated rings. The van der Waals surface area contributed by atoms with Gasteiger partial charge < -0.3 is 15.3 Å². The minimum atomic E-state index is -0.874. The molecule has 0 aliphatic rings. The van der Waals surface area contributed by atoms with Crippen LogP contribution in [0, 0.1) is 0 Å². The van der Waals surface area contributed by atoms with Crippen molar-refractivity contribution in [2.45, 2.75) is 0 Å². The first-order valence-corrected chi connectivity index (χ1v) is 7.46. The van der Waals surface area contributed by atoms with Crippen molar-refractivity contribution in [1.82, 2.24) is 10.2 Å². The van der Waals surface area contributed by atoms with E-state index < -0.39 is 5.97 Å². The van der Waals surface area contributed by atoms with Crippen molar-refractivity contribution in [1.29, 1.82) is 0 Å². The first-order valence-electron chi connectivity index (χ1n) is 6.31. The van der Waals surface area contributed by atoms with Gasteiger partial charge in [-0.05, 0) is 18.2 Å². The zero-order chi connectivity index (χ0) is 15.8. The summed E-state index contributed by atoms with van der Waals surface area (Å²) >= 11 is 1.24. The fraction of sp³-hybridized carbons (Fsp3) is 0.357. The van der Waals surface area contributed by atoms with Crippen molar-refractivity contribution in [2.75, 3.05) is 32.1 Å². The highest BCUT2D eigenvalue weighted by Gasteiger charge is 2.11. The summed E-state index contributed by atoms with van der Waals surface area (Å²) in [6.45, 7) is 0.378. The lowest BCUT2D eigenvalue weighted by Gasteiger charge is -2.11. The van der Waals surface area contributed by atoms with Gasteiger partial charge >= 0.3 is 5.97 Å². The van der Waals surface area contributed by atoms with E-state index in [1.807, 2.05) is 0 Å². The smallest absolute Gasteiger partial charge is 0.313 e. The van der Waals surface area contributed by atoms with Crippen LogP contribution in [0.2, 0.25) is 0 Å². The Balaban J connectivity index is 2.53. The van der Waals surface area contributed by atoms with E-state index in [1.165, 1.54) is 16.7 Å². The fourth-order valence-corrected chi connectivity index (χ4v) is 2.12. The van der Waals surface area contributed by atoms with Gasteiger partial charge in [0, 0.05) is 37.5 Å². The molecule has 114 valence electrons. The Morgan fingerprint density at radius 1 is 1.24 bits per heavy atom. The number of hydrogen-bond acceptors (Lipinski definition) is 4. The van der Waals surface area contributed by atoms with Crippen LogP contribution < -0.4 is 5.32 Å². The summed E-state index contributed by atoms with van der Waals surface area (Å²) in [7, 11) is 3.30. The molecule has 1 aromatic carbocycles. The van der Waals surface area contributed by atoms with Crippen LogP contribution >= 0.6 is 11.8 Å². The Hall–Kier alpha value is -2.02. The summed E-state index contributed by atoms with van der Waals surface area (Å²) < 4.78 is 0. The number of thioether (sulfide) groups is 1. The Labute approximate surface area is 127 Å². The third-order valence-corrected chi connectivity index (χ3v) is 3.48. The van der Waals surface area contributed by atoms with E-state index in [2.05, 4.69) is 5.32 Å². The second kappa shape index (κ2) is 8.31. The summed E-state index contributed by atoms with van der Waals surface area (Å²) in [5, 5.41) is 11.2. The van der Waals surface area contributed by atoms with Gasteiger partial charge in [0.1, 0.15) is 0 Å². The number of nitrogens with zero attached hydrogens (tertiary/aromatic N) is 1. The summed E-state index contributed by atoms with van der Waals surface area (Å²) in [6, 6.07) is 6.49. The average molecular weight is 310 g/mol. The molecule has 2 N–H and O–H groups in total. The van der Waals surface area contributed by atoms with Crippen LogP contribution in [0.1, 0.15) is 20.7 Å². The van der Waals surface area contributed by atoms with E-state index in [1.54, 1.807) is 38.4 Å². The molecule has 0 atom stereocenters. The number of carbonyl (C=O) groups excluding carboxylic acids is 2. The van der Waals surface area contributed by atoms with E-state index >= 15 is 0 Å². The molecule has 1 rings (SSSR count). The van der Waals surface area contributed by atoms with Crippen molar-refractivity contribution in [3.05, 3.63) is 35.4 Å². The van der Waals surface area contributed by atoms with Crippen molar-refractivity contribution in [3.63, 3.8) is 0 Å². The Morgan fingerprint density at radius 2 is 1.90 bits per heavy atom. The van der Waals surface area contributed by atoms with E-state index in [-0.39, 0.29) is 17.6 Å². The van der Waals surface area contributed by atoms with Crippen LogP contribution in [0.25, 0.3) is 0 Å². The van der Waals surface area contributed by atoms with Gasteiger partial charge in [-0.3, -0.25) is 14.4 Å². The molecule has 0 unspecified atom stereocenters. The largest absolute Gasteiger partial charge is 0.481 e. The molecule has 0 aliphatic heterocycles. The van der Waals surface area contributed by atoms with Crippen LogP contribution in [-0.2, 0) is 4.79 Å². The molecule has 1 aromatic rings. The molecule has 0 spiro atoms. The van der Waals surface area contributed by atoms with Gasteiger partial charge in [0.15, 0.2) is 0 Å². The maximum Gasteiger partial charge on any atom is 0.313 e. The van der Waals surface area contributed by atoms with Gasteiger partial charge in [0.2, 0.25) is 0 Å². The number of nitrogens with one attached hydrogen (secondary N) is 1. The van der Waals surface area contributed by atoms with Crippen LogP contribution in [0.3, 0.4) is 0 Å². The number of carboxylic acids is 1. The number of rotatable bonds is 7. The van der Waals surface area contributed by atoms with E-state index in [0.29, 0.717) is 23.4 Å². The second-order valence-corrected chi connectivity index (χ2v) is 5.59. The van der Waals surface area contributed by atoms with Crippen LogP contribution in [0.4, 0.5) is 0 Å². The topological polar surface area (TPSA) is 86.7 Å². The quantitative estimate of drug-likeness (QED) is 0.732. The zero-order valence-corrected chi connectivity index (χ0v) is 12.8. The minimum Gasteiger partial charge on any atom is -0.481 e. The lowest BCUT2D eigenvalue weighted by Crippen LogP contribution is -2.27. The molecular formula is C14H18N2O4S. The average Bonchev–Trinajstić information content (AvgIpc) is 2.45. The number of carbonyl (C=O) groups is 3. The SMILES string of the molecule is CN(C)C(=O)c1cccc(C(=O)NCCSCC(=O)O)c1.